The van der Waals surface area contributed by atoms with Gasteiger partial charge in [-0.05, 0) is 178 Å². The second-order valence-corrected chi connectivity index (χ2v) is 32.4. The molecule has 0 saturated carbocycles. The Morgan fingerprint density at radius 1 is 0.162 bits per heavy atom. The average molecular weight is 1730 g/mol. The first-order valence-corrected chi connectivity index (χ1v) is 43.1. The lowest BCUT2D eigenvalue weighted by Gasteiger charge is -2.23. The van der Waals surface area contributed by atoms with Gasteiger partial charge in [-0.3, -0.25) is 0 Å². The minimum absolute atomic E-state index is 0.175. The van der Waals surface area contributed by atoms with E-state index >= 15 is 0 Å². The van der Waals surface area contributed by atoms with Crippen molar-refractivity contribution in [3.63, 3.8) is 0 Å². The van der Waals surface area contributed by atoms with Gasteiger partial charge in [-0.2, -0.15) is 52.6 Å². The summed E-state index contributed by atoms with van der Waals surface area (Å²) in [5.41, 5.74) is 19.2. The molecule has 0 spiro atoms. The largest absolute Gasteiger partial charge is 0.308 e. The van der Waals surface area contributed by atoms with Gasteiger partial charge in [0.05, 0.1) is 144 Å². The molecule has 622 valence electrons. The lowest BCUT2D eigenvalue weighted by atomic mass is 9.85. The van der Waals surface area contributed by atoms with Gasteiger partial charge in [0, 0.05) is 105 Å². The van der Waals surface area contributed by atoms with Crippen molar-refractivity contribution < 1.29 is 0 Å². The van der Waals surface area contributed by atoms with Crippen LogP contribution in [0.25, 0.3) is 212 Å². The quantitative estimate of drug-likeness (QED) is 0.0867. The summed E-state index contributed by atoms with van der Waals surface area (Å²) >= 11 is 0. The van der Waals surface area contributed by atoms with E-state index in [1.54, 1.807) is 66.7 Å². The molecule has 4 aromatic heterocycles. The lowest BCUT2D eigenvalue weighted by molar-refractivity contribution is 1.07. The lowest BCUT2D eigenvalue weighted by Crippen LogP contribution is -2.05. The number of fused-ring (bicyclic) bond motifs is 6. The molecule has 0 unspecified atom stereocenters. The van der Waals surface area contributed by atoms with E-state index in [1.807, 2.05) is 279 Å². The van der Waals surface area contributed by atoms with Crippen molar-refractivity contribution in [1.82, 2.24) is 39.0 Å². The fraction of sp³-hybridized carbons (Fsp3) is 0. The topological polar surface area (TPSA) is 325 Å². The number of nitriles is 10. The molecule has 18 nitrogen and oxygen atoms in total. The Morgan fingerprint density at radius 3 is 0.801 bits per heavy atom. The van der Waals surface area contributed by atoms with Crippen molar-refractivity contribution in [3.05, 3.63) is 420 Å². The number of rotatable bonds is 16. The van der Waals surface area contributed by atoms with Crippen molar-refractivity contribution in [2.75, 3.05) is 0 Å². The van der Waals surface area contributed by atoms with Crippen molar-refractivity contribution >= 4 is 43.6 Å². The molecular weight excluding hydrogens is 1670 g/mol. The number of hydrogen-bond acceptors (Lipinski definition) is 16. The maximum atomic E-state index is 12.7. The van der Waals surface area contributed by atoms with Crippen molar-refractivity contribution in [3.8, 4) is 229 Å². The highest BCUT2D eigenvalue weighted by molar-refractivity contribution is 6.15. The maximum absolute atomic E-state index is 12.7. The van der Waals surface area contributed by atoms with Crippen LogP contribution in [0.15, 0.2) is 364 Å². The molecule has 0 bridgehead atoms. The zero-order valence-electron chi connectivity index (χ0n) is 71.7. The van der Waals surface area contributed by atoms with E-state index in [9.17, 15) is 52.6 Å². The number of nitrogens with zero attached hydrogens (tertiary/aromatic N) is 18. The van der Waals surface area contributed by atoms with Crippen LogP contribution in [0.3, 0.4) is 0 Å². The van der Waals surface area contributed by atoms with Gasteiger partial charge in [-0.1, -0.05) is 224 Å². The molecule has 17 aromatic carbocycles. The van der Waals surface area contributed by atoms with E-state index in [-0.39, 0.29) is 45.0 Å². The summed E-state index contributed by atoms with van der Waals surface area (Å²) in [6, 6.07) is 137. The molecule has 0 aliphatic carbocycles. The van der Waals surface area contributed by atoms with Gasteiger partial charge >= 0.3 is 0 Å². The van der Waals surface area contributed by atoms with Crippen LogP contribution in [0.5, 0.6) is 0 Å². The summed E-state index contributed by atoms with van der Waals surface area (Å²) in [6.07, 6.45) is 0. The first-order valence-electron chi connectivity index (χ1n) is 43.1. The third kappa shape index (κ3) is 14.8. The van der Waals surface area contributed by atoms with Crippen LogP contribution in [0.1, 0.15) is 55.6 Å². The molecule has 0 fully saturated rings. The Hall–Kier alpha value is -20.7. The zero-order valence-corrected chi connectivity index (χ0v) is 71.7. The number of benzene rings is 17. The fourth-order valence-electron chi connectivity index (χ4n) is 18.3. The number of para-hydroxylation sites is 1. The highest BCUT2D eigenvalue weighted by Gasteiger charge is 2.31. The molecule has 21 aromatic rings. The first-order chi connectivity index (χ1) is 66.9. The minimum Gasteiger partial charge on any atom is -0.308 e. The SMILES string of the molecule is N#Cc1cc(C#N)cc(-c2ccc3c(c2)c2ccccc2n3-c2c(-c3ccccc3C#N)cc(-c3nc(-c4ccccc4)nc(-c4ccccc4)n3)cc2-c2ccc(-c3cccc(-c4cc(-c5nc(-c6ccccc6)nc(-c6ccccc6)n5)cc(-c5ccccc5C#N)c4-n4c5ccc(-c6cc(C#N)cc(C#N)c6)cc5c5cc(-c6cc(C#N)cc(C#N)c6)ccc54)c3C#N)cc2C#N)c1. The fourth-order valence-corrected chi connectivity index (χ4v) is 18.3. The molecule has 0 aliphatic rings. The molecule has 18 heteroatoms. The summed E-state index contributed by atoms with van der Waals surface area (Å²) in [6.45, 7) is 0. The van der Waals surface area contributed by atoms with Crippen LogP contribution in [-0.2, 0) is 0 Å². The molecular formula is C118H60N18. The Balaban J connectivity index is 0.853. The molecule has 0 saturated heterocycles. The minimum atomic E-state index is 0.175. The zero-order chi connectivity index (χ0) is 92.6. The van der Waals surface area contributed by atoms with Crippen LogP contribution in [0, 0.1) is 113 Å². The molecule has 0 radical (unpaired) electrons. The highest BCUT2D eigenvalue weighted by atomic mass is 15.1. The monoisotopic (exact) mass is 1730 g/mol. The van der Waals surface area contributed by atoms with Crippen LogP contribution < -0.4 is 0 Å². The molecule has 21 rings (SSSR count). The van der Waals surface area contributed by atoms with Crippen LogP contribution in [0.2, 0.25) is 0 Å². The van der Waals surface area contributed by atoms with Gasteiger partial charge in [-0.25, -0.2) is 29.9 Å². The molecule has 0 amide bonds. The third-order valence-corrected chi connectivity index (χ3v) is 24.5. The van der Waals surface area contributed by atoms with E-state index in [4.69, 9.17) is 29.9 Å². The number of hydrogen-bond donors (Lipinski definition) is 0. The Bertz CT molecular complexity index is 8770. The van der Waals surface area contributed by atoms with E-state index in [0.717, 1.165) is 38.5 Å². The molecule has 0 atom stereocenters. The Labute approximate surface area is 779 Å². The molecule has 4 heterocycles. The summed E-state index contributed by atoms with van der Waals surface area (Å²) < 4.78 is 4.27. The molecule has 136 heavy (non-hydrogen) atoms. The van der Waals surface area contributed by atoms with Crippen LogP contribution in [0.4, 0.5) is 0 Å². The second kappa shape index (κ2) is 34.8. The highest BCUT2D eigenvalue weighted by Crippen LogP contribution is 2.51. The average Bonchev–Trinajstić information content (AvgIpc) is 1.50. The predicted octanol–water partition coefficient (Wildman–Crippen LogP) is 26.3. The summed E-state index contributed by atoms with van der Waals surface area (Å²) in [4.78, 5) is 31.5. The van der Waals surface area contributed by atoms with E-state index in [0.29, 0.717) is 184 Å². The van der Waals surface area contributed by atoms with Gasteiger partial charge in [0.2, 0.25) is 0 Å². The van der Waals surface area contributed by atoms with E-state index in [2.05, 4.69) is 75.9 Å². The standard InChI is InChI=1S/C118H60N18/c119-61-71-44-72(62-120)48-87(47-71)81-37-41-108-99(54-81)98-32-17-18-35-107(98)135(108)111-102(94-30-15-13-28-85(94)67-125)57-90(117-131-113(77-20-5-1-6-21-77)129-114(132-117)78-22-7-2-8-23-78)59-104(111)96-40-36-84(53-92(96)69-127)93-33-19-34-97(106(93)70-128)105-60-91(118-133-115(79-24-9-3-10-25-79)130-116(134-118)80-26-11-4-12-27-80)58-103(95-31-16-14-29-86(95)68-126)112(105)136-109-42-38-82(88-49-73(63-121)45-74(50-88)64-122)55-100(109)101-56-83(39-43-110(101)136)89-51-75(65-123)46-76(52-89)66-124/h1-60H. The maximum Gasteiger partial charge on any atom is 0.164 e. The van der Waals surface area contributed by atoms with Crippen molar-refractivity contribution in [1.29, 1.82) is 52.6 Å². The van der Waals surface area contributed by atoms with E-state index in [1.165, 1.54) is 12.1 Å². The number of aromatic nitrogens is 8. The van der Waals surface area contributed by atoms with Gasteiger partial charge < -0.3 is 9.13 Å². The third-order valence-electron chi connectivity index (χ3n) is 24.5. The smallest absolute Gasteiger partial charge is 0.164 e. The first kappa shape index (κ1) is 82.2. The summed E-state index contributed by atoms with van der Waals surface area (Å²) in [5, 5.41) is 113. The molecule has 0 N–H and O–H groups in total. The summed E-state index contributed by atoms with van der Waals surface area (Å²) in [5.74, 6) is 2.04. The van der Waals surface area contributed by atoms with Gasteiger partial charge in [0.1, 0.15) is 6.07 Å². The van der Waals surface area contributed by atoms with Gasteiger partial charge in [0.25, 0.3) is 0 Å². The second-order valence-electron chi connectivity index (χ2n) is 32.4. The molecule has 0 aliphatic heterocycles. The van der Waals surface area contributed by atoms with Crippen LogP contribution >= 0.6 is 0 Å². The normalized spacial score (nSPS) is 10.9. The van der Waals surface area contributed by atoms with Gasteiger partial charge in [-0.15, -0.1) is 0 Å². The van der Waals surface area contributed by atoms with Crippen LogP contribution in [-0.4, -0.2) is 39.0 Å². The summed E-state index contributed by atoms with van der Waals surface area (Å²) in [7, 11) is 0. The predicted molar refractivity (Wildman–Crippen MR) is 525 cm³/mol. The Kier molecular flexibility index (Phi) is 21.0. The van der Waals surface area contributed by atoms with E-state index < -0.39 is 0 Å². The van der Waals surface area contributed by atoms with Crippen molar-refractivity contribution in [2.45, 2.75) is 0 Å². The van der Waals surface area contributed by atoms with Crippen molar-refractivity contribution in [2.24, 2.45) is 0 Å². The van der Waals surface area contributed by atoms with Gasteiger partial charge in [0.15, 0.2) is 34.9 Å². The Morgan fingerprint density at radius 2 is 0.449 bits per heavy atom.